The van der Waals surface area contributed by atoms with E-state index in [-0.39, 0.29) is 6.10 Å². The topological polar surface area (TPSA) is 32.8 Å². The van der Waals surface area contributed by atoms with Crippen LogP contribution in [0, 0.1) is 35.5 Å². The molecule has 16 heavy (non-hydrogen) atoms. The van der Waals surface area contributed by atoms with Crippen molar-refractivity contribution in [3.05, 3.63) is 0 Å². The zero-order valence-electron chi connectivity index (χ0n) is 9.59. The van der Waals surface area contributed by atoms with E-state index >= 15 is 0 Å². The summed E-state index contributed by atoms with van der Waals surface area (Å²) in [6.45, 7) is 0. The Balaban J connectivity index is 1.50. The summed E-state index contributed by atoms with van der Waals surface area (Å²) in [5.74, 6) is 5.70. The normalized spacial score (nSPS) is 69.9. The molecule has 1 aliphatic heterocycles. The Morgan fingerprint density at radius 2 is 1.62 bits per heavy atom. The molecule has 2 nitrogen and oxygen atoms in total. The lowest BCUT2D eigenvalue weighted by Crippen LogP contribution is -2.39. The Hall–Kier alpha value is -0.0800. The van der Waals surface area contributed by atoms with Gasteiger partial charge in [0.05, 0.1) is 18.3 Å². The minimum Gasteiger partial charge on any atom is -0.393 e. The number of rotatable bonds is 0. The number of hydrogen-bond acceptors (Lipinski definition) is 2. The minimum atomic E-state index is 0.0105. The molecular weight excluding hydrogens is 200 g/mol. The van der Waals surface area contributed by atoms with E-state index in [1.165, 1.54) is 19.3 Å². The first-order chi connectivity index (χ1) is 7.83. The summed E-state index contributed by atoms with van der Waals surface area (Å²) in [6, 6.07) is 0. The van der Waals surface area contributed by atoms with Crippen molar-refractivity contribution in [1.82, 2.24) is 0 Å². The number of aliphatic hydroxyl groups is 1. The molecule has 5 rings (SSSR count). The van der Waals surface area contributed by atoms with E-state index in [0.717, 1.165) is 48.3 Å². The summed E-state index contributed by atoms with van der Waals surface area (Å²) >= 11 is 0. The number of aliphatic hydroxyl groups excluding tert-OH is 1. The van der Waals surface area contributed by atoms with E-state index in [4.69, 9.17) is 4.74 Å². The highest BCUT2D eigenvalue weighted by Crippen LogP contribution is 2.69. The van der Waals surface area contributed by atoms with Gasteiger partial charge in [0.2, 0.25) is 0 Å². The quantitative estimate of drug-likeness (QED) is 0.632. The number of hydrogen-bond donors (Lipinski definition) is 1. The molecular formula is C14H20O2. The maximum absolute atomic E-state index is 9.87. The molecule has 4 aliphatic carbocycles. The average molecular weight is 220 g/mol. The summed E-state index contributed by atoms with van der Waals surface area (Å²) in [6.07, 6.45) is 7.66. The van der Waals surface area contributed by atoms with Gasteiger partial charge in [-0.25, -0.2) is 0 Å². The van der Waals surface area contributed by atoms with Crippen molar-refractivity contribution in [1.29, 1.82) is 0 Å². The van der Waals surface area contributed by atoms with Crippen LogP contribution in [-0.4, -0.2) is 23.4 Å². The molecule has 1 N–H and O–H groups in total. The van der Waals surface area contributed by atoms with Crippen molar-refractivity contribution >= 4 is 0 Å². The second-order valence-corrected chi connectivity index (χ2v) is 6.97. The third-order valence-electron chi connectivity index (χ3n) is 6.62. The first-order valence-electron chi connectivity index (χ1n) is 7.16. The molecule has 5 aliphatic rings. The largest absolute Gasteiger partial charge is 0.393 e. The van der Waals surface area contributed by atoms with Crippen LogP contribution in [0.25, 0.3) is 0 Å². The van der Waals surface area contributed by atoms with E-state index in [0.29, 0.717) is 12.2 Å². The molecule has 2 bridgehead atoms. The molecule has 9 unspecified atom stereocenters. The van der Waals surface area contributed by atoms with Gasteiger partial charge in [0, 0.05) is 0 Å². The molecule has 2 heteroatoms. The second-order valence-electron chi connectivity index (χ2n) is 6.97. The SMILES string of the molecule is OC1CCC2C3CC(C2C1)C1C3CC2OC21. The van der Waals surface area contributed by atoms with Gasteiger partial charge in [-0.15, -0.1) is 0 Å². The maximum atomic E-state index is 9.87. The third kappa shape index (κ3) is 0.896. The van der Waals surface area contributed by atoms with Crippen LogP contribution in [0.2, 0.25) is 0 Å². The summed E-state index contributed by atoms with van der Waals surface area (Å²) < 4.78 is 5.76. The van der Waals surface area contributed by atoms with Crippen molar-refractivity contribution in [2.75, 3.05) is 0 Å². The molecule has 1 heterocycles. The summed E-state index contributed by atoms with van der Waals surface area (Å²) in [4.78, 5) is 0. The smallest absolute Gasteiger partial charge is 0.0875 e. The molecule has 88 valence electrons. The van der Waals surface area contributed by atoms with E-state index in [1.54, 1.807) is 0 Å². The maximum Gasteiger partial charge on any atom is 0.0875 e. The van der Waals surface area contributed by atoms with E-state index in [9.17, 15) is 5.11 Å². The Kier molecular flexibility index (Phi) is 1.49. The molecule has 0 spiro atoms. The molecule has 0 aromatic rings. The van der Waals surface area contributed by atoms with Crippen LogP contribution in [0.3, 0.4) is 0 Å². The summed E-state index contributed by atoms with van der Waals surface area (Å²) in [7, 11) is 0. The highest BCUT2D eigenvalue weighted by Gasteiger charge is 2.69. The van der Waals surface area contributed by atoms with Crippen molar-refractivity contribution in [2.24, 2.45) is 35.5 Å². The highest BCUT2D eigenvalue weighted by atomic mass is 16.6. The van der Waals surface area contributed by atoms with Crippen LogP contribution in [0.5, 0.6) is 0 Å². The number of epoxide rings is 1. The zero-order chi connectivity index (χ0) is 10.4. The fraction of sp³-hybridized carbons (Fsp3) is 1.00. The molecule has 4 saturated carbocycles. The van der Waals surface area contributed by atoms with Gasteiger partial charge < -0.3 is 9.84 Å². The van der Waals surface area contributed by atoms with E-state index in [1.807, 2.05) is 0 Å². The van der Waals surface area contributed by atoms with E-state index in [2.05, 4.69) is 0 Å². The van der Waals surface area contributed by atoms with Gasteiger partial charge in [0.15, 0.2) is 0 Å². The average Bonchev–Trinajstić information content (AvgIpc) is 2.70. The Morgan fingerprint density at radius 3 is 2.56 bits per heavy atom. The first kappa shape index (κ1) is 8.93. The van der Waals surface area contributed by atoms with Gasteiger partial charge in [-0.2, -0.15) is 0 Å². The Bertz CT molecular complexity index is 342. The van der Waals surface area contributed by atoms with Crippen LogP contribution in [0.15, 0.2) is 0 Å². The first-order valence-corrected chi connectivity index (χ1v) is 7.16. The van der Waals surface area contributed by atoms with E-state index < -0.39 is 0 Å². The number of ether oxygens (including phenoxy) is 1. The second kappa shape index (κ2) is 2.67. The Morgan fingerprint density at radius 1 is 0.812 bits per heavy atom. The van der Waals surface area contributed by atoms with Crippen LogP contribution in [0.4, 0.5) is 0 Å². The van der Waals surface area contributed by atoms with Gasteiger partial charge in [-0.3, -0.25) is 0 Å². The molecule has 0 aromatic carbocycles. The lowest BCUT2D eigenvalue weighted by Gasteiger charge is -2.43. The lowest BCUT2D eigenvalue weighted by atomic mass is 9.63. The molecule has 5 fully saturated rings. The van der Waals surface area contributed by atoms with Gasteiger partial charge in [-0.05, 0) is 67.6 Å². The molecule has 0 aromatic heterocycles. The van der Waals surface area contributed by atoms with Gasteiger partial charge in [0.1, 0.15) is 0 Å². The summed E-state index contributed by atoms with van der Waals surface area (Å²) in [5.41, 5.74) is 0. The van der Waals surface area contributed by atoms with Crippen molar-refractivity contribution in [3.8, 4) is 0 Å². The minimum absolute atomic E-state index is 0.0105. The third-order valence-corrected chi connectivity index (χ3v) is 6.62. The lowest BCUT2D eigenvalue weighted by molar-refractivity contribution is -0.00462. The van der Waals surface area contributed by atoms with Crippen LogP contribution < -0.4 is 0 Å². The molecule has 0 radical (unpaired) electrons. The van der Waals surface area contributed by atoms with Crippen molar-refractivity contribution in [3.63, 3.8) is 0 Å². The fourth-order valence-electron chi connectivity index (χ4n) is 6.20. The van der Waals surface area contributed by atoms with Gasteiger partial charge in [0.25, 0.3) is 0 Å². The van der Waals surface area contributed by atoms with Gasteiger partial charge >= 0.3 is 0 Å². The predicted octanol–water partition coefficient (Wildman–Crippen LogP) is 1.82. The predicted molar refractivity (Wildman–Crippen MR) is 58.7 cm³/mol. The monoisotopic (exact) mass is 220 g/mol. The molecule has 9 atom stereocenters. The van der Waals surface area contributed by atoms with Gasteiger partial charge in [-0.1, -0.05) is 0 Å². The Labute approximate surface area is 96.4 Å². The zero-order valence-corrected chi connectivity index (χ0v) is 9.59. The molecule has 1 saturated heterocycles. The highest BCUT2D eigenvalue weighted by molar-refractivity contribution is 5.16. The summed E-state index contributed by atoms with van der Waals surface area (Å²) in [5, 5.41) is 9.87. The van der Waals surface area contributed by atoms with Crippen molar-refractivity contribution < 1.29 is 9.84 Å². The van der Waals surface area contributed by atoms with Crippen molar-refractivity contribution in [2.45, 2.75) is 50.4 Å². The molecule has 0 amide bonds. The number of fused-ring (bicyclic) bond motifs is 10. The van der Waals surface area contributed by atoms with Crippen LogP contribution >= 0.6 is 0 Å². The van der Waals surface area contributed by atoms with Crippen LogP contribution in [-0.2, 0) is 4.74 Å². The standard InChI is InChI=1S/C14H20O2/c15-6-1-2-7-8(3-6)10-4-9(7)11-5-12-14(16-12)13(10)11/h6-15H,1-5H2. The van der Waals surface area contributed by atoms with Crippen LogP contribution in [0.1, 0.15) is 32.1 Å². The fourth-order valence-corrected chi connectivity index (χ4v) is 6.20.